The van der Waals surface area contributed by atoms with E-state index < -0.39 is 24.0 Å². The maximum absolute atomic E-state index is 14.5. The summed E-state index contributed by atoms with van der Waals surface area (Å²) < 4.78 is 55.1. The van der Waals surface area contributed by atoms with Crippen molar-refractivity contribution < 1.29 is 22.4 Å². The SMILES string of the molecule is O=C([C@@H]1C[C@H](F)CN1Cc1cc(Cl)ccc1C(F)(F)F)N1CCN(C2CC2)c2ccccc21. The van der Waals surface area contributed by atoms with Gasteiger partial charge in [0.2, 0.25) is 5.91 Å². The fourth-order valence-electron chi connectivity index (χ4n) is 5.03. The Kier molecular flexibility index (Phi) is 5.77. The van der Waals surface area contributed by atoms with Crippen molar-refractivity contribution in [3.05, 3.63) is 58.6 Å². The van der Waals surface area contributed by atoms with Crippen LogP contribution in [0.5, 0.6) is 0 Å². The number of alkyl halides is 4. The predicted octanol–water partition coefficient (Wildman–Crippen LogP) is 5.29. The van der Waals surface area contributed by atoms with Crippen LogP contribution in [-0.4, -0.2) is 48.7 Å². The molecule has 2 aromatic rings. The van der Waals surface area contributed by atoms with Gasteiger partial charge in [0.25, 0.3) is 0 Å². The summed E-state index contributed by atoms with van der Waals surface area (Å²) in [5.74, 6) is -0.270. The molecular formula is C24H24ClF4N3O. The van der Waals surface area contributed by atoms with E-state index in [0.717, 1.165) is 30.3 Å². The molecule has 1 saturated carbocycles. The highest BCUT2D eigenvalue weighted by molar-refractivity contribution is 6.30. The predicted molar refractivity (Wildman–Crippen MR) is 119 cm³/mol. The van der Waals surface area contributed by atoms with Gasteiger partial charge in [0.05, 0.1) is 23.0 Å². The number of carbonyl (C=O) groups excluding carboxylic acids is 1. The molecule has 33 heavy (non-hydrogen) atoms. The van der Waals surface area contributed by atoms with Gasteiger partial charge in [0, 0.05) is 43.7 Å². The molecule has 0 unspecified atom stereocenters. The average molecular weight is 482 g/mol. The van der Waals surface area contributed by atoms with Gasteiger partial charge in [0.15, 0.2) is 0 Å². The number of anilines is 2. The Morgan fingerprint density at radius 1 is 1.06 bits per heavy atom. The lowest BCUT2D eigenvalue weighted by Crippen LogP contribution is -2.51. The number of fused-ring (bicyclic) bond motifs is 1. The Hall–Kier alpha value is -2.32. The van der Waals surface area contributed by atoms with E-state index >= 15 is 0 Å². The highest BCUT2D eigenvalue weighted by Crippen LogP contribution is 2.41. The minimum atomic E-state index is -4.56. The van der Waals surface area contributed by atoms with Gasteiger partial charge in [-0.05, 0) is 48.7 Å². The minimum Gasteiger partial charge on any atom is -0.365 e. The summed E-state index contributed by atoms with van der Waals surface area (Å²) >= 11 is 5.96. The number of hydrogen-bond acceptors (Lipinski definition) is 3. The Morgan fingerprint density at radius 3 is 2.48 bits per heavy atom. The second-order valence-corrected chi connectivity index (χ2v) is 9.42. The van der Waals surface area contributed by atoms with Gasteiger partial charge >= 0.3 is 6.18 Å². The third kappa shape index (κ3) is 4.43. The second kappa shape index (κ2) is 8.47. The van der Waals surface area contributed by atoms with E-state index in [-0.39, 0.29) is 36.0 Å². The third-order valence-corrected chi connectivity index (χ3v) is 6.92. The van der Waals surface area contributed by atoms with E-state index in [1.807, 2.05) is 24.3 Å². The van der Waals surface area contributed by atoms with Gasteiger partial charge in [0.1, 0.15) is 6.17 Å². The van der Waals surface area contributed by atoms with Crippen LogP contribution >= 0.6 is 11.6 Å². The molecule has 3 aliphatic rings. The smallest absolute Gasteiger partial charge is 0.365 e. The largest absolute Gasteiger partial charge is 0.416 e. The number of likely N-dealkylation sites (tertiary alicyclic amines) is 1. The fraction of sp³-hybridized carbons (Fsp3) is 0.458. The Morgan fingerprint density at radius 2 is 1.79 bits per heavy atom. The van der Waals surface area contributed by atoms with Gasteiger partial charge in [-0.3, -0.25) is 9.69 Å². The number of hydrogen-bond donors (Lipinski definition) is 0. The summed E-state index contributed by atoms with van der Waals surface area (Å²) in [5, 5.41) is 0.169. The number of nitrogens with zero attached hydrogens (tertiary/aromatic N) is 3. The van der Waals surface area contributed by atoms with Crippen LogP contribution in [0.3, 0.4) is 0 Å². The molecule has 2 aromatic carbocycles. The Labute approximate surface area is 194 Å². The fourth-order valence-corrected chi connectivity index (χ4v) is 5.22. The Bertz CT molecular complexity index is 1060. The number of amides is 1. The van der Waals surface area contributed by atoms with Crippen molar-refractivity contribution in [2.75, 3.05) is 29.4 Å². The lowest BCUT2D eigenvalue weighted by molar-refractivity contribution is -0.138. The number of benzene rings is 2. The van der Waals surface area contributed by atoms with E-state index in [0.29, 0.717) is 19.1 Å². The van der Waals surface area contributed by atoms with E-state index in [4.69, 9.17) is 11.6 Å². The van der Waals surface area contributed by atoms with Gasteiger partial charge < -0.3 is 9.80 Å². The minimum absolute atomic E-state index is 0.0360. The monoisotopic (exact) mass is 481 g/mol. The van der Waals surface area contributed by atoms with Gasteiger partial charge in [-0.1, -0.05) is 23.7 Å². The molecule has 1 amide bonds. The number of rotatable bonds is 4. The van der Waals surface area contributed by atoms with Gasteiger partial charge in [-0.15, -0.1) is 0 Å². The Balaban J connectivity index is 1.42. The maximum Gasteiger partial charge on any atom is 0.416 e. The third-order valence-electron chi connectivity index (χ3n) is 6.68. The summed E-state index contributed by atoms with van der Waals surface area (Å²) in [6.45, 7) is 0.865. The van der Waals surface area contributed by atoms with E-state index in [1.54, 1.807) is 4.90 Å². The topological polar surface area (TPSA) is 26.8 Å². The molecule has 2 fully saturated rings. The molecule has 4 nitrogen and oxygen atoms in total. The van der Waals surface area contributed by atoms with Crippen molar-refractivity contribution in [2.24, 2.45) is 0 Å². The highest BCUT2D eigenvalue weighted by atomic mass is 35.5. The van der Waals surface area contributed by atoms with Gasteiger partial charge in [-0.25, -0.2) is 4.39 Å². The van der Waals surface area contributed by atoms with Crippen LogP contribution in [0.1, 0.15) is 30.4 Å². The quantitative estimate of drug-likeness (QED) is 0.555. The number of halogens is 5. The van der Waals surface area contributed by atoms with Gasteiger partial charge in [-0.2, -0.15) is 13.2 Å². The molecule has 0 spiro atoms. The number of para-hydroxylation sites is 2. The van der Waals surface area contributed by atoms with E-state index in [1.165, 1.54) is 17.0 Å². The van der Waals surface area contributed by atoms with Crippen LogP contribution in [0.25, 0.3) is 0 Å². The molecule has 0 N–H and O–H groups in total. The molecular weight excluding hydrogens is 458 g/mol. The highest BCUT2D eigenvalue weighted by Gasteiger charge is 2.43. The molecule has 0 aromatic heterocycles. The molecule has 176 valence electrons. The van der Waals surface area contributed by atoms with Crippen LogP contribution in [0.15, 0.2) is 42.5 Å². The van der Waals surface area contributed by atoms with Crippen LogP contribution < -0.4 is 9.80 Å². The molecule has 2 atom stereocenters. The molecule has 1 aliphatic carbocycles. The van der Waals surface area contributed by atoms with Crippen molar-refractivity contribution in [1.82, 2.24) is 4.90 Å². The first-order chi connectivity index (χ1) is 15.7. The zero-order valence-corrected chi connectivity index (χ0v) is 18.6. The zero-order valence-electron chi connectivity index (χ0n) is 17.9. The van der Waals surface area contributed by atoms with E-state index in [2.05, 4.69) is 4.90 Å². The zero-order chi connectivity index (χ0) is 23.3. The molecule has 0 radical (unpaired) electrons. The molecule has 5 rings (SSSR count). The normalized spacial score (nSPS) is 23.7. The maximum atomic E-state index is 14.5. The summed E-state index contributed by atoms with van der Waals surface area (Å²) in [5.41, 5.74) is 0.890. The van der Waals surface area contributed by atoms with Crippen molar-refractivity contribution in [2.45, 2.75) is 50.2 Å². The summed E-state index contributed by atoms with van der Waals surface area (Å²) in [7, 11) is 0. The second-order valence-electron chi connectivity index (χ2n) is 8.98. The van der Waals surface area contributed by atoms with Crippen molar-refractivity contribution in [1.29, 1.82) is 0 Å². The molecule has 1 saturated heterocycles. The summed E-state index contributed by atoms with van der Waals surface area (Å²) in [6.07, 6.45) is -3.62. The summed E-state index contributed by atoms with van der Waals surface area (Å²) in [6, 6.07) is 10.7. The van der Waals surface area contributed by atoms with Crippen molar-refractivity contribution in [3.8, 4) is 0 Å². The van der Waals surface area contributed by atoms with Crippen molar-refractivity contribution in [3.63, 3.8) is 0 Å². The number of carbonyl (C=O) groups is 1. The molecule has 0 bridgehead atoms. The van der Waals surface area contributed by atoms with E-state index in [9.17, 15) is 22.4 Å². The van der Waals surface area contributed by atoms with Crippen LogP contribution in [-0.2, 0) is 17.5 Å². The first-order valence-corrected chi connectivity index (χ1v) is 11.5. The molecule has 2 heterocycles. The first-order valence-electron chi connectivity index (χ1n) is 11.1. The molecule has 9 heteroatoms. The average Bonchev–Trinajstić information content (AvgIpc) is 3.54. The van der Waals surface area contributed by atoms with Crippen molar-refractivity contribution >= 4 is 28.9 Å². The standard InChI is InChI=1S/C24H24ClF4N3O/c25-16-5-8-19(24(27,28)29)15(11-16)13-30-14-17(26)12-22(30)23(33)32-10-9-31(18-6-7-18)20-3-1-2-4-21(20)32/h1-5,8,11,17-18,22H,6-7,9-10,12-14H2/t17-,22-/m0/s1. The van der Waals surface area contributed by atoms with Crippen LogP contribution in [0, 0.1) is 0 Å². The first kappa shape index (κ1) is 22.5. The lowest BCUT2D eigenvalue weighted by Gasteiger charge is -2.39. The summed E-state index contributed by atoms with van der Waals surface area (Å²) in [4.78, 5) is 19.1. The van der Waals surface area contributed by atoms with Crippen LogP contribution in [0.4, 0.5) is 28.9 Å². The lowest BCUT2D eigenvalue weighted by atomic mass is 10.1. The van der Waals surface area contributed by atoms with Crippen LogP contribution in [0.2, 0.25) is 5.02 Å². The molecule has 2 aliphatic heterocycles.